The molecule has 0 radical (unpaired) electrons. The highest BCUT2D eigenvalue weighted by Gasteiger charge is 2.12. The number of rotatable bonds is 7. The predicted molar refractivity (Wildman–Crippen MR) is 121 cm³/mol. The molecule has 0 aromatic carbocycles. The predicted octanol–water partition coefficient (Wildman–Crippen LogP) is 2.66. The number of carbonyl (C=O) groups excluding carboxylic acids is 1. The van der Waals surface area contributed by atoms with Crippen molar-refractivity contribution in [1.29, 1.82) is 0 Å². The van der Waals surface area contributed by atoms with Crippen LogP contribution in [0.2, 0.25) is 0 Å². The standard InChI is InChI=1S/C19H33N5O2.HI/c1-14(2)10-21-18(23-13-17(25)24(6)7)22-12-15-8-9-16(20-11-15)26-19(3,4)5;/h8-9,11,14H,10,12-13H2,1-7H3,(H2,21,22,23);1H. The molecule has 0 aliphatic rings. The second kappa shape index (κ2) is 12.0. The Bertz CT molecular complexity index is 595. The first-order chi connectivity index (χ1) is 12.1. The number of hydrogen-bond acceptors (Lipinski definition) is 4. The van der Waals surface area contributed by atoms with E-state index in [2.05, 4.69) is 34.5 Å². The SMILES string of the molecule is CC(C)CNC(=NCc1ccc(OC(C)(C)C)nc1)NCC(=O)N(C)C.I. The first kappa shape index (κ1) is 25.4. The number of amides is 1. The van der Waals surface area contributed by atoms with Gasteiger partial charge in [0.2, 0.25) is 11.8 Å². The van der Waals surface area contributed by atoms with Crippen molar-refractivity contribution in [2.24, 2.45) is 10.9 Å². The van der Waals surface area contributed by atoms with Crippen LogP contribution in [0.1, 0.15) is 40.2 Å². The lowest BCUT2D eigenvalue weighted by molar-refractivity contribution is -0.127. The smallest absolute Gasteiger partial charge is 0.241 e. The van der Waals surface area contributed by atoms with Crippen molar-refractivity contribution in [2.45, 2.75) is 46.8 Å². The number of ether oxygens (including phenoxy) is 1. The van der Waals surface area contributed by atoms with Crippen LogP contribution in [0, 0.1) is 5.92 Å². The molecule has 2 N–H and O–H groups in total. The van der Waals surface area contributed by atoms with Crippen LogP contribution in [-0.4, -0.2) is 54.5 Å². The first-order valence-corrected chi connectivity index (χ1v) is 8.93. The van der Waals surface area contributed by atoms with Gasteiger partial charge < -0.3 is 20.3 Å². The van der Waals surface area contributed by atoms with Gasteiger partial charge in [0.25, 0.3) is 0 Å². The highest BCUT2D eigenvalue weighted by molar-refractivity contribution is 14.0. The van der Waals surface area contributed by atoms with Gasteiger partial charge in [-0.05, 0) is 32.3 Å². The van der Waals surface area contributed by atoms with Crippen molar-refractivity contribution in [3.05, 3.63) is 23.9 Å². The van der Waals surface area contributed by atoms with Crippen molar-refractivity contribution in [3.63, 3.8) is 0 Å². The second-order valence-corrected chi connectivity index (χ2v) is 7.80. The Kier molecular flexibility index (Phi) is 11.3. The molecule has 8 heteroatoms. The number of carbonyl (C=O) groups is 1. The molecule has 1 rings (SSSR count). The minimum Gasteiger partial charge on any atom is -0.472 e. The molecule has 1 aromatic rings. The Morgan fingerprint density at radius 3 is 2.41 bits per heavy atom. The zero-order chi connectivity index (χ0) is 19.7. The third kappa shape index (κ3) is 11.7. The van der Waals surface area contributed by atoms with Crippen molar-refractivity contribution < 1.29 is 9.53 Å². The lowest BCUT2D eigenvalue weighted by atomic mass is 10.2. The number of pyridine rings is 1. The summed E-state index contributed by atoms with van der Waals surface area (Å²) in [5.74, 6) is 1.68. The fraction of sp³-hybridized carbons (Fsp3) is 0.632. The summed E-state index contributed by atoms with van der Waals surface area (Å²) in [6.07, 6.45) is 1.76. The van der Waals surface area contributed by atoms with Gasteiger partial charge in [0, 0.05) is 32.9 Å². The van der Waals surface area contributed by atoms with E-state index >= 15 is 0 Å². The summed E-state index contributed by atoms with van der Waals surface area (Å²) in [5, 5.41) is 6.32. The summed E-state index contributed by atoms with van der Waals surface area (Å²) in [4.78, 5) is 22.2. The number of guanidine groups is 1. The lowest BCUT2D eigenvalue weighted by Gasteiger charge is -2.20. The van der Waals surface area contributed by atoms with Crippen LogP contribution in [-0.2, 0) is 11.3 Å². The second-order valence-electron chi connectivity index (χ2n) is 7.80. The average Bonchev–Trinajstić information content (AvgIpc) is 2.53. The van der Waals surface area contributed by atoms with Gasteiger partial charge in [-0.3, -0.25) is 4.79 Å². The van der Waals surface area contributed by atoms with Crippen molar-refractivity contribution >= 4 is 35.8 Å². The maximum Gasteiger partial charge on any atom is 0.241 e. The van der Waals surface area contributed by atoms with Crippen LogP contribution in [0.5, 0.6) is 5.88 Å². The molecule has 0 aliphatic carbocycles. The molecular weight excluding hydrogens is 457 g/mol. The van der Waals surface area contributed by atoms with Crippen molar-refractivity contribution in [3.8, 4) is 5.88 Å². The van der Waals surface area contributed by atoms with E-state index in [0.29, 0.717) is 24.3 Å². The Morgan fingerprint density at radius 2 is 1.93 bits per heavy atom. The van der Waals surface area contributed by atoms with Crippen LogP contribution >= 0.6 is 24.0 Å². The number of nitrogens with one attached hydrogen (secondary N) is 2. The van der Waals surface area contributed by atoms with Crippen LogP contribution < -0.4 is 15.4 Å². The molecule has 0 saturated carbocycles. The van der Waals surface area contributed by atoms with E-state index in [1.54, 1.807) is 25.2 Å². The van der Waals surface area contributed by atoms with Gasteiger partial charge in [0.05, 0.1) is 13.1 Å². The minimum absolute atomic E-state index is 0. The third-order valence-corrected chi connectivity index (χ3v) is 3.21. The van der Waals surface area contributed by atoms with Gasteiger partial charge in [0.1, 0.15) is 5.60 Å². The van der Waals surface area contributed by atoms with E-state index < -0.39 is 0 Å². The number of likely N-dealkylation sites (N-methyl/N-ethyl adjacent to an activating group) is 1. The molecule has 0 atom stereocenters. The fourth-order valence-corrected chi connectivity index (χ4v) is 1.84. The van der Waals surface area contributed by atoms with Gasteiger partial charge >= 0.3 is 0 Å². The van der Waals surface area contributed by atoms with Gasteiger partial charge in [-0.25, -0.2) is 9.98 Å². The van der Waals surface area contributed by atoms with E-state index in [1.807, 2.05) is 32.9 Å². The van der Waals surface area contributed by atoms with Crippen molar-refractivity contribution in [2.75, 3.05) is 27.2 Å². The summed E-state index contributed by atoms with van der Waals surface area (Å²) in [6.45, 7) is 11.6. The molecule has 0 unspecified atom stereocenters. The number of aromatic nitrogens is 1. The van der Waals surface area contributed by atoms with E-state index in [4.69, 9.17) is 4.74 Å². The first-order valence-electron chi connectivity index (χ1n) is 8.93. The maximum absolute atomic E-state index is 11.8. The summed E-state index contributed by atoms with van der Waals surface area (Å²) < 4.78 is 5.72. The lowest BCUT2D eigenvalue weighted by Crippen LogP contribution is -2.44. The number of aliphatic imine (C=N–C) groups is 1. The quantitative estimate of drug-likeness (QED) is 0.349. The molecule has 27 heavy (non-hydrogen) atoms. The highest BCUT2D eigenvalue weighted by Crippen LogP contribution is 2.15. The van der Waals surface area contributed by atoms with Crippen molar-refractivity contribution in [1.82, 2.24) is 20.5 Å². The van der Waals surface area contributed by atoms with Crippen LogP contribution in [0.25, 0.3) is 0 Å². The summed E-state index contributed by atoms with van der Waals surface area (Å²) >= 11 is 0. The highest BCUT2D eigenvalue weighted by atomic mass is 127. The maximum atomic E-state index is 11.8. The molecule has 7 nitrogen and oxygen atoms in total. The topological polar surface area (TPSA) is 78.9 Å². The molecule has 0 bridgehead atoms. The van der Waals surface area contributed by atoms with Gasteiger partial charge in [-0.2, -0.15) is 0 Å². The minimum atomic E-state index is -0.274. The normalized spacial score (nSPS) is 11.6. The largest absolute Gasteiger partial charge is 0.472 e. The molecule has 1 heterocycles. The molecule has 154 valence electrons. The van der Waals surface area contributed by atoms with E-state index in [-0.39, 0.29) is 42.0 Å². The molecule has 1 aromatic heterocycles. The average molecular weight is 491 g/mol. The number of nitrogens with zero attached hydrogens (tertiary/aromatic N) is 3. The monoisotopic (exact) mass is 491 g/mol. The third-order valence-electron chi connectivity index (χ3n) is 3.21. The number of hydrogen-bond donors (Lipinski definition) is 2. The molecule has 0 fully saturated rings. The van der Waals surface area contributed by atoms with Gasteiger partial charge in [0.15, 0.2) is 5.96 Å². The Morgan fingerprint density at radius 1 is 1.26 bits per heavy atom. The summed E-state index contributed by atoms with van der Waals surface area (Å²) in [5.41, 5.74) is 0.694. The zero-order valence-corrected chi connectivity index (χ0v) is 19.8. The molecule has 0 saturated heterocycles. The fourth-order valence-electron chi connectivity index (χ4n) is 1.84. The molecule has 1 amide bonds. The van der Waals surface area contributed by atoms with Gasteiger partial charge in [-0.15, -0.1) is 24.0 Å². The van der Waals surface area contributed by atoms with E-state index in [9.17, 15) is 4.79 Å². The zero-order valence-electron chi connectivity index (χ0n) is 17.5. The summed E-state index contributed by atoms with van der Waals surface area (Å²) in [6, 6.07) is 3.79. The Balaban J connectivity index is 0.00000676. The van der Waals surface area contributed by atoms with Crippen LogP contribution in [0.4, 0.5) is 0 Å². The Hall–Kier alpha value is -1.58. The molecule has 0 aliphatic heterocycles. The van der Waals surface area contributed by atoms with Gasteiger partial charge in [-0.1, -0.05) is 19.9 Å². The van der Waals surface area contributed by atoms with E-state index in [1.165, 1.54) is 0 Å². The Labute approximate surface area is 180 Å². The molecule has 0 spiro atoms. The summed E-state index contributed by atoms with van der Waals surface area (Å²) in [7, 11) is 3.46. The molecular formula is C19H34IN5O2. The van der Waals surface area contributed by atoms with Crippen LogP contribution in [0.15, 0.2) is 23.3 Å². The van der Waals surface area contributed by atoms with Crippen LogP contribution in [0.3, 0.4) is 0 Å². The van der Waals surface area contributed by atoms with E-state index in [0.717, 1.165) is 12.1 Å². The number of halogens is 1.